The van der Waals surface area contributed by atoms with Crippen LogP contribution >= 0.6 is 0 Å². The van der Waals surface area contributed by atoms with Crippen molar-refractivity contribution in [2.24, 2.45) is 23.2 Å². The molecule has 0 saturated heterocycles. The summed E-state index contributed by atoms with van der Waals surface area (Å²) in [7, 11) is 0. The van der Waals surface area contributed by atoms with Crippen LogP contribution in [0, 0.1) is 23.2 Å². The summed E-state index contributed by atoms with van der Waals surface area (Å²) in [6.07, 6.45) is 1.15. The SMILES string of the molecule is CCC(C)(CC(C)C(=O)OC1CC2CCC1C2)C(=O)OC(C)(C)C.CCC(C)(O)C(F)(F)F. The van der Waals surface area contributed by atoms with Gasteiger partial charge in [0.05, 0.1) is 11.3 Å². The molecule has 2 aliphatic carbocycles. The molecule has 6 unspecified atom stereocenters. The summed E-state index contributed by atoms with van der Waals surface area (Å²) in [4.78, 5) is 25.0. The fraction of sp³-hybridized carbons (Fsp3) is 0.920. The Bertz CT molecular complexity index is 668. The van der Waals surface area contributed by atoms with Gasteiger partial charge in [-0.15, -0.1) is 0 Å². The Balaban J connectivity index is 0.000000513. The molecule has 2 saturated carbocycles. The molecule has 5 nitrogen and oxygen atoms in total. The van der Waals surface area contributed by atoms with Crippen LogP contribution in [0.25, 0.3) is 0 Å². The Kier molecular flexibility index (Phi) is 9.87. The molecule has 33 heavy (non-hydrogen) atoms. The highest BCUT2D eigenvalue weighted by atomic mass is 19.4. The molecular formula is C25H43F3O5. The lowest BCUT2D eigenvalue weighted by atomic mass is 9.79. The maximum absolute atomic E-state index is 12.5. The van der Waals surface area contributed by atoms with Gasteiger partial charge in [-0.05, 0) is 91.4 Å². The maximum atomic E-state index is 12.5. The number of alkyl halides is 3. The van der Waals surface area contributed by atoms with Gasteiger partial charge < -0.3 is 14.6 Å². The van der Waals surface area contributed by atoms with E-state index in [1.165, 1.54) is 26.2 Å². The van der Waals surface area contributed by atoms with E-state index in [2.05, 4.69) is 0 Å². The summed E-state index contributed by atoms with van der Waals surface area (Å²) in [5.74, 6) is 0.648. The van der Waals surface area contributed by atoms with E-state index in [1.807, 2.05) is 41.5 Å². The zero-order valence-electron chi connectivity index (χ0n) is 21.5. The number of aliphatic hydroxyl groups is 1. The van der Waals surface area contributed by atoms with Crippen LogP contribution in [0.3, 0.4) is 0 Å². The van der Waals surface area contributed by atoms with E-state index < -0.39 is 22.8 Å². The van der Waals surface area contributed by atoms with Gasteiger partial charge in [0.1, 0.15) is 11.7 Å². The monoisotopic (exact) mass is 480 g/mol. The van der Waals surface area contributed by atoms with E-state index in [0.717, 1.165) is 19.3 Å². The lowest BCUT2D eigenvalue weighted by Crippen LogP contribution is -2.41. The predicted octanol–water partition coefficient (Wildman–Crippen LogP) is 6.21. The molecule has 2 rings (SSSR count). The molecule has 1 N–H and O–H groups in total. The van der Waals surface area contributed by atoms with Crippen LogP contribution in [0.5, 0.6) is 0 Å². The third-order valence-corrected chi connectivity index (χ3v) is 7.07. The van der Waals surface area contributed by atoms with Gasteiger partial charge >= 0.3 is 18.1 Å². The van der Waals surface area contributed by atoms with E-state index in [-0.39, 0.29) is 30.4 Å². The molecule has 194 valence electrons. The van der Waals surface area contributed by atoms with Gasteiger partial charge in [-0.3, -0.25) is 9.59 Å². The molecule has 2 fully saturated rings. The molecule has 0 amide bonds. The van der Waals surface area contributed by atoms with Crippen molar-refractivity contribution >= 4 is 11.9 Å². The van der Waals surface area contributed by atoms with Crippen molar-refractivity contribution in [2.75, 3.05) is 0 Å². The van der Waals surface area contributed by atoms with E-state index in [0.29, 0.717) is 18.8 Å². The number of ether oxygens (including phenoxy) is 2. The molecule has 0 aromatic rings. The number of carbonyl (C=O) groups excluding carboxylic acids is 2. The zero-order chi connectivity index (χ0) is 25.8. The van der Waals surface area contributed by atoms with E-state index >= 15 is 0 Å². The van der Waals surface area contributed by atoms with Gasteiger partial charge in [-0.2, -0.15) is 13.2 Å². The molecule has 8 heteroatoms. The van der Waals surface area contributed by atoms with Gasteiger partial charge in [-0.1, -0.05) is 20.8 Å². The van der Waals surface area contributed by atoms with Crippen LogP contribution in [0.15, 0.2) is 0 Å². The van der Waals surface area contributed by atoms with Gasteiger partial charge in [0.25, 0.3) is 0 Å². The molecule has 0 aliphatic heterocycles. The molecule has 0 radical (unpaired) electrons. The second kappa shape index (κ2) is 11.0. The Morgan fingerprint density at radius 2 is 1.58 bits per heavy atom. The third-order valence-electron chi connectivity index (χ3n) is 7.07. The van der Waals surface area contributed by atoms with Crippen molar-refractivity contribution in [1.29, 1.82) is 0 Å². The standard InChI is InChI=1S/C20H34O4.C5H9F3O/c1-7-20(6,18(22)24-19(3,4)5)12-13(2)17(21)23-16-11-14-8-9-15(16)10-14;1-3-4(2,9)5(6,7)8/h13-16H,7-12H2,1-6H3;9H,3H2,1-2H3. The Hall–Kier alpha value is -1.31. The first-order valence-electron chi connectivity index (χ1n) is 12.1. The summed E-state index contributed by atoms with van der Waals surface area (Å²) in [5.41, 5.74) is -3.69. The number of halogens is 3. The van der Waals surface area contributed by atoms with Gasteiger partial charge in [-0.25, -0.2) is 0 Å². The minimum absolute atomic E-state index is 0.105. The summed E-state index contributed by atoms with van der Waals surface area (Å²) < 4.78 is 46.1. The number of esters is 2. The topological polar surface area (TPSA) is 72.8 Å². The summed E-state index contributed by atoms with van der Waals surface area (Å²) >= 11 is 0. The first-order valence-corrected chi connectivity index (χ1v) is 12.1. The fourth-order valence-corrected chi connectivity index (χ4v) is 4.33. The minimum atomic E-state index is -4.50. The third kappa shape index (κ3) is 8.45. The molecule has 0 heterocycles. The summed E-state index contributed by atoms with van der Waals surface area (Å²) in [6.45, 7) is 13.4. The van der Waals surface area contributed by atoms with Crippen molar-refractivity contribution in [2.45, 2.75) is 124 Å². The molecule has 2 bridgehead atoms. The smallest absolute Gasteiger partial charge is 0.416 e. The zero-order valence-corrected chi connectivity index (χ0v) is 21.5. The molecule has 2 aliphatic rings. The highest BCUT2D eigenvalue weighted by molar-refractivity contribution is 5.79. The first-order chi connectivity index (χ1) is 14.8. The van der Waals surface area contributed by atoms with Crippen molar-refractivity contribution < 1.29 is 37.3 Å². The number of carbonyl (C=O) groups is 2. The van der Waals surface area contributed by atoms with E-state index in [1.54, 1.807) is 0 Å². The van der Waals surface area contributed by atoms with Crippen LogP contribution in [0.1, 0.15) is 100 Å². The Morgan fingerprint density at radius 1 is 1.00 bits per heavy atom. The van der Waals surface area contributed by atoms with E-state index in [9.17, 15) is 22.8 Å². The van der Waals surface area contributed by atoms with Gasteiger partial charge in [0.15, 0.2) is 5.60 Å². The number of hydrogen-bond donors (Lipinski definition) is 1. The molecule has 0 aromatic carbocycles. The van der Waals surface area contributed by atoms with Crippen LogP contribution in [0.2, 0.25) is 0 Å². The average Bonchev–Trinajstić information content (AvgIpc) is 3.29. The van der Waals surface area contributed by atoms with Crippen LogP contribution in [-0.2, 0) is 19.1 Å². The number of fused-ring (bicyclic) bond motifs is 2. The van der Waals surface area contributed by atoms with Gasteiger partial charge in [0.2, 0.25) is 0 Å². The predicted molar refractivity (Wildman–Crippen MR) is 120 cm³/mol. The highest BCUT2D eigenvalue weighted by Crippen LogP contribution is 2.46. The molecule has 0 aromatic heterocycles. The second-order valence-corrected chi connectivity index (χ2v) is 11.3. The summed E-state index contributed by atoms with van der Waals surface area (Å²) in [5, 5.41) is 8.53. The molecular weight excluding hydrogens is 437 g/mol. The molecule has 0 spiro atoms. The second-order valence-electron chi connectivity index (χ2n) is 11.3. The molecule has 6 atom stereocenters. The van der Waals surface area contributed by atoms with Crippen molar-refractivity contribution in [3.05, 3.63) is 0 Å². The maximum Gasteiger partial charge on any atom is 0.416 e. The van der Waals surface area contributed by atoms with Crippen molar-refractivity contribution in [3.8, 4) is 0 Å². The Labute approximate surface area is 196 Å². The van der Waals surface area contributed by atoms with Crippen molar-refractivity contribution in [1.82, 2.24) is 0 Å². The number of hydrogen-bond acceptors (Lipinski definition) is 5. The lowest BCUT2D eigenvalue weighted by molar-refractivity contribution is -0.253. The lowest BCUT2D eigenvalue weighted by Gasteiger charge is -2.32. The van der Waals surface area contributed by atoms with Crippen molar-refractivity contribution in [3.63, 3.8) is 0 Å². The largest absolute Gasteiger partial charge is 0.462 e. The highest BCUT2D eigenvalue weighted by Gasteiger charge is 2.48. The minimum Gasteiger partial charge on any atom is -0.462 e. The normalized spacial score (nSPS) is 27.0. The van der Waals surface area contributed by atoms with Crippen LogP contribution in [-0.4, -0.2) is 40.5 Å². The fourth-order valence-electron chi connectivity index (χ4n) is 4.33. The summed E-state index contributed by atoms with van der Waals surface area (Å²) in [6, 6.07) is 0. The van der Waals surface area contributed by atoms with Crippen LogP contribution in [0.4, 0.5) is 13.2 Å². The van der Waals surface area contributed by atoms with Gasteiger partial charge in [0, 0.05) is 0 Å². The number of rotatable bonds is 7. The quantitative estimate of drug-likeness (QED) is 0.439. The first kappa shape index (κ1) is 29.7. The average molecular weight is 481 g/mol. The Morgan fingerprint density at radius 3 is 1.91 bits per heavy atom. The van der Waals surface area contributed by atoms with Crippen LogP contribution < -0.4 is 0 Å². The van der Waals surface area contributed by atoms with E-state index in [4.69, 9.17) is 14.6 Å².